The van der Waals surface area contributed by atoms with Gasteiger partial charge in [-0.25, -0.2) is 13.4 Å². The number of benzene rings is 1. The molecule has 174 valence electrons. The monoisotopic (exact) mass is 479 g/mol. The number of carbonyl (C=O) groups is 1. The fourth-order valence-electron chi connectivity index (χ4n) is 4.01. The van der Waals surface area contributed by atoms with Crippen molar-refractivity contribution in [1.29, 1.82) is 0 Å². The zero-order valence-electron chi connectivity index (χ0n) is 18.1. The first-order chi connectivity index (χ1) is 15.4. The van der Waals surface area contributed by atoms with Crippen molar-refractivity contribution < 1.29 is 17.9 Å². The van der Waals surface area contributed by atoms with E-state index >= 15 is 0 Å². The number of carbonyl (C=O) groups excluding carboxylic acids is 1. The van der Waals surface area contributed by atoms with Crippen LogP contribution in [0.4, 0.5) is 5.69 Å². The van der Waals surface area contributed by atoms with Gasteiger partial charge in [0.2, 0.25) is 21.1 Å². The lowest BCUT2D eigenvalue weighted by Crippen LogP contribution is -2.40. The second-order valence-electron chi connectivity index (χ2n) is 8.21. The summed E-state index contributed by atoms with van der Waals surface area (Å²) in [4.78, 5) is 17.3. The van der Waals surface area contributed by atoms with Crippen LogP contribution in [-0.2, 0) is 26.0 Å². The van der Waals surface area contributed by atoms with Gasteiger partial charge >= 0.3 is 0 Å². The minimum absolute atomic E-state index is 0.194. The average molecular weight is 480 g/mol. The standard InChI is InChI=1S/C21H29N5O4S2/c1-15(31-21-23-19(24-25-21)14-16-4-2-3-5-16)20(27)22-17-6-8-18(9-7-17)32(28,29)26-10-12-30-13-11-26/h6-9,15-16H,2-5,10-14H2,1H3,(H,22,27)(H,23,24,25)/t15-/m0/s1. The van der Waals surface area contributed by atoms with Crippen molar-refractivity contribution in [2.24, 2.45) is 5.92 Å². The molecule has 1 aromatic heterocycles. The van der Waals surface area contributed by atoms with E-state index in [1.165, 1.54) is 53.9 Å². The molecule has 1 aliphatic carbocycles. The normalized spacial score (nSPS) is 19.2. The Bertz CT molecular complexity index is 1010. The molecule has 1 saturated carbocycles. The number of rotatable bonds is 8. The van der Waals surface area contributed by atoms with Crippen molar-refractivity contribution in [3.8, 4) is 0 Å². The Balaban J connectivity index is 1.31. The molecule has 2 fully saturated rings. The van der Waals surface area contributed by atoms with Gasteiger partial charge in [-0.1, -0.05) is 37.4 Å². The second-order valence-corrected chi connectivity index (χ2v) is 11.5. The van der Waals surface area contributed by atoms with Crippen LogP contribution in [0.5, 0.6) is 0 Å². The molecule has 0 unspecified atom stereocenters. The third-order valence-electron chi connectivity index (χ3n) is 5.85. The Kier molecular flexibility index (Phi) is 7.49. The van der Waals surface area contributed by atoms with Crippen LogP contribution in [0, 0.1) is 5.92 Å². The molecule has 2 aromatic rings. The minimum atomic E-state index is -3.55. The summed E-state index contributed by atoms with van der Waals surface area (Å²) in [7, 11) is -3.55. The van der Waals surface area contributed by atoms with Gasteiger partial charge in [-0.3, -0.25) is 9.89 Å². The minimum Gasteiger partial charge on any atom is -0.379 e. The van der Waals surface area contributed by atoms with E-state index in [1.54, 1.807) is 19.1 Å². The number of H-pyrrole nitrogens is 1. The SMILES string of the molecule is C[C@H](Sc1n[nH]c(CC2CCCC2)n1)C(=O)Nc1ccc(S(=O)(=O)N2CCOCC2)cc1. The summed E-state index contributed by atoms with van der Waals surface area (Å²) in [6.45, 7) is 3.29. The predicted molar refractivity (Wildman–Crippen MR) is 122 cm³/mol. The summed E-state index contributed by atoms with van der Waals surface area (Å²) >= 11 is 1.30. The fourth-order valence-corrected chi connectivity index (χ4v) is 6.16. The fraction of sp³-hybridized carbons (Fsp3) is 0.571. The molecular formula is C21H29N5O4S2. The maximum Gasteiger partial charge on any atom is 0.243 e. The molecule has 2 heterocycles. The number of thioether (sulfide) groups is 1. The molecule has 2 aliphatic rings. The van der Waals surface area contributed by atoms with Crippen LogP contribution >= 0.6 is 11.8 Å². The largest absolute Gasteiger partial charge is 0.379 e. The lowest BCUT2D eigenvalue weighted by molar-refractivity contribution is -0.115. The smallest absolute Gasteiger partial charge is 0.243 e. The van der Waals surface area contributed by atoms with Crippen molar-refractivity contribution in [3.05, 3.63) is 30.1 Å². The molecule has 1 amide bonds. The van der Waals surface area contributed by atoms with E-state index in [2.05, 4.69) is 20.5 Å². The highest BCUT2D eigenvalue weighted by molar-refractivity contribution is 8.00. The van der Waals surface area contributed by atoms with Crippen LogP contribution in [0.15, 0.2) is 34.3 Å². The summed E-state index contributed by atoms with van der Waals surface area (Å²) in [5.41, 5.74) is 0.542. The molecule has 2 N–H and O–H groups in total. The number of morpholine rings is 1. The quantitative estimate of drug-likeness (QED) is 0.559. The highest BCUT2D eigenvalue weighted by atomic mass is 32.2. The van der Waals surface area contributed by atoms with Crippen LogP contribution in [-0.4, -0.2) is 65.4 Å². The van der Waals surface area contributed by atoms with Gasteiger partial charge in [0.05, 0.1) is 23.4 Å². The molecule has 1 aliphatic heterocycles. The number of aromatic amines is 1. The van der Waals surface area contributed by atoms with E-state index in [1.807, 2.05) is 0 Å². The number of nitrogens with one attached hydrogen (secondary N) is 2. The summed E-state index contributed by atoms with van der Waals surface area (Å²) in [6, 6.07) is 6.25. The van der Waals surface area contributed by atoms with Crippen molar-refractivity contribution in [2.45, 2.75) is 54.3 Å². The van der Waals surface area contributed by atoms with Crippen LogP contribution in [0.1, 0.15) is 38.4 Å². The van der Waals surface area contributed by atoms with E-state index < -0.39 is 15.3 Å². The van der Waals surface area contributed by atoms with E-state index in [4.69, 9.17) is 4.74 Å². The molecule has 1 aromatic carbocycles. The molecular weight excluding hydrogens is 450 g/mol. The zero-order valence-corrected chi connectivity index (χ0v) is 19.8. The Labute approximate surface area is 192 Å². The van der Waals surface area contributed by atoms with Crippen molar-refractivity contribution >= 4 is 33.4 Å². The van der Waals surface area contributed by atoms with Crippen LogP contribution in [0.2, 0.25) is 0 Å². The number of hydrogen-bond acceptors (Lipinski definition) is 7. The Morgan fingerprint density at radius 3 is 2.62 bits per heavy atom. The van der Waals surface area contributed by atoms with Crippen molar-refractivity contribution in [2.75, 3.05) is 31.6 Å². The molecule has 1 saturated heterocycles. The molecule has 0 bridgehead atoms. The molecule has 1 atom stereocenters. The van der Waals surface area contributed by atoms with Crippen LogP contribution < -0.4 is 5.32 Å². The molecule has 9 nitrogen and oxygen atoms in total. The topological polar surface area (TPSA) is 117 Å². The third kappa shape index (κ3) is 5.69. The van der Waals surface area contributed by atoms with Gasteiger partial charge < -0.3 is 10.1 Å². The Morgan fingerprint density at radius 2 is 1.94 bits per heavy atom. The van der Waals surface area contributed by atoms with Gasteiger partial charge in [-0.05, 0) is 37.1 Å². The van der Waals surface area contributed by atoms with Crippen molar-refractivity contribution in [1.82, 2.24) is 19.5 Å². The molecule has 11 heteroatoms. The Hall–Kier alpha value is -1.95. The second kappa shape index (κ2) is 10.3. The number of aromatic nitrogens is 3. The first-order valence-electron chi connectivity index (χ1n) is 11.0. The van der Waals surface area contributed by atoms with Gasteiger partial charge in [0.15, 0.2) is 0 Å². The van der Waals surface area contributed by atoms with Gasteiger partial charge in [0.25, 0.3) is 0 Å². The van der Waals surface area contributed by atoms with Crippen molar-refractivity contribution in [3.63, 3.8) is 0 Å². The highest BCUT2D eigenvalue weighted by Crippen LogP contribution is 2.28. The highest BCUT2D eigenvalue weighted by Gasteiger charge is 2.26. The summed E-state index contributed by atoms with van der Waals surface area (Å²) < 4.78 is 32.1. The predicted octanol–water partition coefficient (Wildman–Crippen LogP) is 2.68. The number of anilines is 1. The molecule has 0 radical (unpaired) electrons. The first kappa shape index (κ1) is 23.2. The van der Waals surface area contributed by atoms with E-state index in [-0.39, 0.29) is 10.8 Å². The van der Waals surface area contributed by atoms with E-state index in [9.17, 15) is 13.2 Å². The van der Waals surface area contributed by atoms with E-state index in [0.717, 1.165) is 12.2 Å². The lowest BCUT2D eigenvalue weighted by Gasteiger charge is -2.26. The summed E-state index contributed by atoms with van der Waals surface area (Å²) in [6.07, 6.45) is 5.98. The zero-order chi connectivity index (χ0) is 22.6. The van der Waals surface area contributed by atoms with Crippen LogP contribution in [0.25, 0.3) is 0 Å². The molecule has 0 spiro atoms. The van der Waals surface area contributed by atoms with Gasteiger partial charge in [0, 0.05) is 25.2 Å². The van der Waals surface area contributed by atoms with Crippen LogP contribution in [0.3, 0.4) is 0 Å². The average Bonchev–Trinajstić information content (AvgIpc) is 3.47. The maximum atomic E-state index is 12.7. The number of hydrogen-bond donors (Lipinski definition) is 2. The third-order valence-corrected chi connectivity index (χ3v) is 8.72. The van der Waals surface area contributed by atoms with Gasteiger partial charge in [-0.15, -0.1) is 5.10 Å². The number of ether oxygens (including phenoxy) is 1. The molecule has 4 rings (SSSR count). The Morgan fingerprint density at radius 1 is 1.25 bits per heavy atom. The lowest BCUT2D eigenvalue weighted by atomic mass is 10.0. The number of sulfonamides is 1. The first-order valence-corrected chi connectivity index (χ1v) is 13.3. The van der Waals surface area contributed by atoms with E-state index in [0.29, 0.717) is 43.1 Å². The van der Waals surface area contributed by atoms with Gasteiger partial charge in [0.1, 0.15) is 5.82 Å². The number of nitrogens with zero attached hydrogens (tertiary/aromatic N) is 3. The summed E-state index contributed by atoms with van der Waals surface area (Å²) in [5.74, 6) is 1.36. The maximum absolute atomic E-state index is 12.7. The van der Waals surface area contributed by atoms with Gasteiger partial charge in [-0.2, -0.15) is 4.31 Å². The summed E-state index contributed by atoms with van der Waals surface area (Å²) in [5, 5.41) is 10.2. The molecule has 32 heavy (non-hydrogen) atoms. The number of amides is 1.